The molecule has 0 radical (unpaired) electrons. The zero-order valence-corrected chi connectivity index (χ0v) is 9.34. The largest absolute Gasteiger partial charge is 0.405 e. The summed E-state index contributed by atoms with van der Waals surface area (Å²) in [6.45, 7) is -1.16. The quantitative estimate of drug-likeness (QED) is 0.778. The minimum absolute atomic E-state index is 0.0253. The zero-order valence-electron chi connectivity index (χ0n) is 9.34. The minimum atomic E-state index is -4.37. The molecule has 1 aliphatic carbocycles. The summed E-state index contributed by atoms with van der Waals surface area (Å²) in [4.78, 5) is 1.07. The van der Waals surface area contributed by atoms with Gasteiger partial charge in [-0.05, 0) is 25.0 Å². The Hall–Kier alpha value is -1.77. The van der Waals surface area contributed by atoms with Crippen molar-refractivity contribution in [1.82, 2.24) is 0 Å². The first-order valence-corrected chi connectivity index (χ1v) is 5.44. The van der Waals surface area contributed by atoms with Crippen LogP contribution in [0, 0.1) is 17.1 Å². The molecule has 18 heavy (non-hydrogen) atoms. The van der Waals surface area contributed by atoms with Gasteiger partial charge in [-0.3, -0.25) is 0 Å². The van der Waals surface area contributed by atoms with Gasteiger partial charge < -0.3 is 4.90 Å². The van der Waals surface area contributed by atoms with Gasteiger partial charge in [-0.25, -0.2) is 4.39 Å². The average molecular weight is 258 g/mol. The summed E-state index contributed by atoms with van der Waals surface area (Å²) in [6, 6.07) is 5.12. The number of hydrogen-bond acceptors (Lipinski definition) is 2. The average Bonchev–Trinajstić information content (AvgIpc) is 3.08. The summed E-state index contributed by atoms with van der Waals surface area (Å²) in [5.74, 6) is -0.789. The highest BCUT2D eigenvalue weighted by atomic mass is 19.4. The van der Waals surface area contributed by atoms with Crippen LogP contribution in [0.4, 0.5) is 23.2 Å². The van der Waals surface area contributed by atoms with Crippen LogP contribution in [0.2, 0.25) is 0 Å². The molecule has 0 spiro atoms. The molecule has 1 fully saturated rings. The summed E-state index contributed by atoms with van der Waals surface area (Å²) in [5.41, 5.74) is -0.300. The van der Waals surface area contributed by atoms with E-state index in [1.165, 1.54) is 12.1 Å². The second kappa shape index (κ2) is 4.48. The van der Waals surface area contributed by atoms with Crippen LogP contribution in [-0.4, -0.2) is 18.8 Å². The number of hydrogen-bond donors (Lipinski definition) is 0. The Labute approximate surface area is 101 Å². The van der Waals surface area contributed by atoms with E-state index in [1.54, 1.807) is 6.07 Å². The molecule has 0 aromatic heterocycles. The van der Waals surface area contributed by atoms with Crippen molar-refractivity contribution >= 4 is 5.69 Å². The number of anilines is 1. The third kappa shape index (κ3) is 2.73. The van der Waals surface area contributed by atoms with Crippen LogP contribution in [0.1, 0.15) is 18.4 Å². The number of halogens is 4. The Morgan fingerprint density at radius 1 is 1.33 bits per heavy atom. The SMILES string of the molecule is N#Cc1c(F)cccc1N(CC(F)(F)F)C1CC1. The first-order chi connectivity index (χ1) is 8.42. The summed E-state index contributed by atoms with van der Waals surface area (Å²) in [7, 11) is 0. The van der Waals surface area contributed by atoms with Crippen molar-refractivity contribution < 1.29 is 17.6 Å². The maximum Gasteiger partial charge on any atom is 0.405 e. The fraction of sp³-hybridized carbons (Fsp3) is 0.417. The molecular weight excluding hydrogens is 248 g/mol. The van der Waals surface area contributed by atoms with Crippen molar-refractivity contribution in [2.75, 3.05) is 11.4 Å². The topological polar surface area (TPSA) is 27.0 Å². The second-order valence-electron chi connectivity index (χ2n) is 4.22. The molecule has 0 N–H and O–H groups in total. The van der Waals surface area contributed by atoms with Crippen molar-refractivity contribution in [3.8, 4) is 6.07 Å². The van der Waals surface area contributed by atoms with Gasteiger partial charge in [0, 0.05) is 6.04 Å². The first kappa shape index (κ1) is 12.7. The third-order valence-corrected chi connectivity index (χ3v) is 2.75. The van der Waals surface area contributed by atoms with Gasteiger partial charge in [0.2, 0.25) is 0 Å². The molecule has 1 saturated carbocycles. The normalized spacial score (nSPS) is 15.3. The number of nitrogens with zero attached hydrogens (tertiary/aromatic N) is 2. The smallest absolute Gasteiger partial charge is 0.358 e. The van der Waals surface area contributed by atoms with Gasteiger partial charge in [0.25, 0.3) is 0 Å². The van der Waals surface area contributed by atoms with E-state index in [4.69, 9.17) is 5.26 Å². The molecule has 1 aliphatic rings. The van der Waals surface area contributed by atoms with E-state index in [9.17, 15) is 17.6 Å². The number of benzene rings is 1. The van der Waals surface area contributed by atoms with Crippen LogP contribution in [0.5, 0.6) is 0 Å². The van der Waals surface area contributed by atoms with Crippen LogP contribution in [0.25, 0.3) is 0 Å². The highest BCUT2D eigenvalue weighted by molar-refractivity contribution is 5.61. The predicted octanol–water partition coefficient (Wildman–Crippen LogP) is 3.23. The lowest BCUT2D eigenvalue weighted by molar-refractivity contribution is -0.120. The molecular formula is C12H10F4N2. The summed E-state index contributed by atoms with van der Waals surface area (Å²) < 4.78 is 50.9. The Kier molecular flexibility index (Phi) is 3.16. The molecule has 0 atom stereocenters. The van der Waals surface area contributed by atoms with Crippen LogP contribution in [0.15, 0.2) is 18.2 Å². The standard InChI is InChI=1S/C12H10F4N2/c13-10-2-1-3-11(9(10)6-17)18(8-4-5-8)7-12(14,15)16/h1-3,8H,4-5,7H2. The summed E-state index contributed by atoms with van der Waals surface area (Å²) >= 11 is 0. The maximum atomic E-state index is 13.4. The molecule has 6 heteroatoms. The van der Waals surface area contributed by atoms with Crippen molar-refractivity contribution in [1.29, 1.82) is 5.26 Å². The van der Waals surface area contributed by atoms with Crippen molar-refractivity contribution in [3.63, 3.8) is 0 Å². The lowest BCUT2D eigenvalue weighted by Gasteiger charge is -2.26. The molecule has 2 rings (SSSR count). The highest BCUT2D eigenvalue weighted by Gasteiger charge is 2.39. The van der Waals surface area contributed by atoms with Gasteiger partial charge >= 0.3 is 6.18 Å². The highest BCUT2D eigenvalue weighted by Crippen LogP contribution is 2.36. The summed E-state index contributed by atoms with van der Waals surface area (Å²) in [5, 5.41) is 8.85. The van der Waals surface area contributed by atoms with Crippen LogP contribution in [-0.2, 0) is 0 Å². The molecule has 0 bridgehead atoms. The van der Waals surface area contributed by atoms with E-state index in [2.05, 4.69) is 0 Å². The Bertz CT molecular complexity index is 486. The number of rotatable bonds is 3. The summed E-state index contributed by atoms with van der Waals surface area (Å²) in [6.07, 6.45) is -3.10. The second-order valence-corrected chi connectivity index (χ2v) is 4.22. The molecule has 1 aromatic rings. The molecule has 0 unspecified atom stereocenters. The lowest BCUT2D eigenvalue weighted by atomic mass is 10.1. The molecule has 0 aliphatic heterocycles. The number of alkyl halides is 3. The fourth-order valence-electron chi connectivity index (χ4n) is 1.85. The van der Waals surface area contributed by atoms with Crippen molar-refractivity contribution in [2.24, 2.45) is 0 Å². The van der Waals surface area contributed by atoms with Gasteiger partial charge in [-0.1, -0.05) is 6.07 Å². The number of nitriles is 1. The van der Waals surface area contributed by atoms with Crippen molar-refractivity contribution in [2.45, 2.75) is 25.1 Å². The van der Waals surface area contributed by atoms with Crippen LogP contribution >= 0.6 is 0 Å². The maximum absolute atomic E-state index is 13.4. The van der Waals surface area contributed by atoms with E-state index in [0.717, 1.165) is 11.0 Å². The van der Waals surface area contributed by atoms with Gasteiger partial charge in [0.05, 0.1) is 5.69 Å². The predicted molar refractivity (Wildman–Crippen MR) is 57.5 cm³/mol. The monoisotopic (exact) mass is 258 g/mol. The molecule has 0 saturated heterocycles. The Morgan fingerprint density at radius 2 is 2.00 bits per heavy atom. The zero-order chi connectivity index (χ0) is 13.3. The van der Waals surface area contributed by atoms with Gasteiger partial charge in [0.15, 0.2) is 0 Å². The van der Waals surface area contributed by atoms with Gasteiger partial charge in [-0.2, -0.15) is 18.4 Å². The van der Waals surface area contributed by atoms with E-state index < -0.39 is 18.5 Å². The van der Waals surface area contributed by atoms with Gasteiger partial charge in [-0.15, -0.1) is 0 Å². The van der Waals surface area contributed by atoms with E-state index in [0.29, 0.717) is 12.8 Å². The van der Waals surface area contributed by atoms with E-state index >= 15 is 0 Å². The van der Waals surface area contributed by atoms with Crippen LogP contribution in [0.3, 0.4) is 0 Å². The minimum Gasteiger partial charge on any atom is -0.358 e. The van der Waals surface area contributed by atoms with Gasteiger partial charge in [0.1, 0.15) is 24.0 Å². The van der Waals surface area contributed by atoms with Crippen LogP contribution < -0.4 is 4.90 Å². The molecule has 1 aromatic carbocycles. The van der Waals surface area contributed by atoms with Crippen molar-refractivity contribution in [3.05, 3.63) is 29.6 Å². The first-order valence-electron chi connectivity index (χ1n) is 5.44. The molecule has 0 amide bonds. The molecule has 0 heterocycles. The third-order valence-electron chi connectivity index (χ3n) is 2.75. The Morgan fingerprint density at radius 3 is 2.50 bits per heavy atom. The molecule has 96 valence electrons. The molecule has 2 nitrogen and oxygen atoms in total. The van der Waals surface area contributed by atoms with E-state index in [-0.39, 0.29) is 17.3 Å². The Balaban J connectivity index is 2.37. The lowest BCUT2D eigenvalue weighted by Crippen LogP contribution is -2.36. The fourth-order valence-corrected chi connectivity index (χ4v) is 1.85. The van der Waals surface area contributed by atoms with E-state index in [1.807, 2.05) is 0 Å².